The van der Waals surface area contributed by atoms with Gasteiger partial charge in [0.15, 0.2) is 0 Å². The molecular weight excluding hydrogens is 224 g/mol. The third-order valence-electron chi connectivity index (χ3n) is 1.09. The van der Waals surface area contributed by atoms with Gasteiger partial charge in [0.2, 0.25) is 0 Å². The Morgan fingerprint density at radius 3 is 1.33 bits per heavy atom. The van der Waals surface area contributed by atoms with Crippen molar-refractivity contribution in [1.82, 2.24) is 0 Å². The van der Waals surface area contributed by atoms with Crippen molar-refractivity contribution in [3.8, 4) is 0 Å². The fraction of sp³-hybridized carbons (Fsp3) is 0.571. The standard InChI is InChI=1S/C7H12O7Si/c1-5(9)12-15(4-8,13-6(2)10)14-7(3)11/h8H,4H2,1-3H3. The summed E-state index contributed by atoms with van der Waals surface area (Å²) in [6.45, 7) is 3.14. The Bertz CT molecular complexity index is 234. The van der Waals surface area contributed by atoms with Gasteiger partial charge in [0, 0.05) is 20.8 Å². The molecule has 0 aliphatic rings. The zero-order valence-corrected chi connectivity index (χ0v) is 9.60. The highest BCUT2D eigenvalue weighted by atomic mass is 28.4. The molecule has 15 heavy (non-hydrogen) atoms. The molecule has 7 nitrogen and oxygen atoms in total. The van der Waals surface area contributed by atoms with Gasteiger partial charge < -0.3 is 18.4 Å². The van der Waals surface area contributed by atoms with Gasteiger partial charge in [-0.3, -0.25) is 14.4 Å². The second-order valence-electron chi connectivity index (χ2n) is 2.62. The second kappa shape index (κ2) is 5.46. The summed E-state index contributed by atoms with van der Waals surface area (Å²) in [7, 11) is -3.95. The number of carbonyl (C=O) groups excluding carboxylic acids is 3. The van der Waals surface area contributed by atoms with E-state index >= 15 is 0 Å². The van der Waals surface area contributed by atoms with E-state index in [1.165, 1.54) is 0 Å². The summed E-state index contributed by atoms with van der Waals surface area (Å²) >= 11 is 0. The predicted octanol–water partition coefficient (Wildman–Crippen LogP) is -0.854. The molecule has 0 aromatic heterocycles. The minimum atomic E-state index is -3.95. The van der Waals surface area contributed by atoms with Crippen molar-refractivity contribution in [2.75, 3.05) is 6.23 Å². The van der Waals surface area contributed by atoms with Gasteiger partial charge in [-0.05, 0) is 0 Å². The first-order chi connectivity index (χ1) is 6.81. The SMILES string of the molecule is CC(=O)O[Si](CO)(OC(C)=O)OC(C)=O. The van der Waals surface area contributed by atoms with Crippen molar-refractivity contribution in [3.05, 3.63) is 0 Å². The number of carbonyl (C=O) groups is 3. The monoisotopic (exact) mass is 236 g/mol. The minimum absolute atomic E-state index is 0.807. The summed E-state index contributed by atoms with van der Waals surface area (Å²) in [5, 5.41) is 8.95. The van der Waals surface area contributed by atoms with Gasteiger partial charge in [-0.15, -0.1) is 0 Å². The third-order valence-corrected chi connectivity index (χ3v) is 3.27. The maximum Gasteiger partial charge on any atom is 0.732 e. The molecule has 86 valence electrons. The first kappa shape index (κ1) is 13.6. The molecule has 0 heterocycles. The van der Waals surface area contributed by atoms with Crippen molar-refractivity contribution in [2.45, 2.75) is 20.8 Å². The van der Waals surface area contributed by atoms with Crippen LogP contribution in [0.15, 0.2) is 0 Å². The molecule has 0 aliphatic heterocycles. The van der Waals surface area contributed by atoms with E-state index in [0.29, 0.717) is 0 Å². The molecule has 0 fully saturated rings. The van der Waals surface area contributed by atoms with Crippen LogP contribution >= 0.6 is 0 Å². The fourth-order valence-electron chi connectivity index (χ4n) is 0.816. The van der Waals surface area contributed by atoms with Crippen LogP contribution in [-0.2, 0) is 27.7 Å². The Balaban J connectivity index is 4.81. The van der Waals surface area contributed by atoms with Gasteiger partial charge in [-0.2, -0.15) is 0 Å². The number of aliphatic hydroxyl groups excluding tert-OH is 1. The third kappa shape index (κ3) is 5.13. The molecule has 0 unspecified atom stereocenters. The van der Waals surface area contributed by atoms with E-state index in [1.54, 1.807) is 0 Å². The van der Waals surface area contributed by atoms with E-state index in [9.17, 15) is 14.4 Å². The number of hydrogen-bond donors (Lipinski definition) is 1. The van der Waals surface area contributed by atoms with Crippen molar-refractivity contribution >= 4 is 26.7 Å². The van der Waals surface area contributed by atoms with Gasteiger partial charge in [0.05, 0.1) is 0 Å². The lowest BCUT2D eigenvalue weighted by Gasteiger charge is -2.23. The molecular formula is C7H12O7Si. The lowest BCUT2D eigenvalue weighted by Crippen LogP contribution is -2.53. The van der Waals surface area contributed by atoms with Crippen LogP contribution < -0.4 is 0 Å². The minimum Gasteiger partial charge on any atom is -0.454 e. The highest BCUT2D eigenvalue weighted by molar-refractivity contribution is 6.65. The number of rotatable bonds is 4. The van der Waals surface area contributed by atoms with Crippen LogP contribution in [-0.4, -0.2) is 38.0 Å². The first-order valence-electron chi connectivity index (χ1n) is 4.01. The summed E-state index contributed by atoms with van der Waals surface area (Å²) in [5.41, 5.74) is 0. The van der Waals surface area contributed by atoms with Crippen LogP contribution in [0.3, 0.4) is 0 Å². The Labute approximate surface area is 87.3 Å². The van der Waals surface area contributed by atoms with E-state index in [-0.39, 0.29) is 0 Å². The Morgan fingerprint density at radius 1 is 0.933 bits per heavy atom. The van der Waals surface area contributed by atoms with Crippen molar-refractivity contribution in [2.24, 2.45) is 0 Å². The summed E-state index contributed by atoms with van der Waals surface area (Å²) in [6.07, 6.45) is -0.842. The van der Waals surface area contributed by atoms with Gasteiger partial charge in [0.1, 0.15) is 6.23 Å². The quantitative estimate of drug-likeness (QED) is 0.634. The van der Waals surface area contributed by atoms with E-state index in [1.807, 2.05) is 0 Å². The molecule has 0 atom stereocenters. The molecule has 8 heteroatoms. The highest BCUT2D eigenvalue weighted by Gasteiger charge is 2.51. The van der Waals surface area contributed by atoms with E-state index < -0.39 is 32.9 Å². The molecule has 0 aromatic rings. The molecule has 0 bridgehead atoms. The van der Waals surface area contributed by atoms with Gasteiger partial charge >= 0.3 is 8.80 Å². The highest BCUT2D eigenvalue weighted by Crippen LogP contribution is 2.10. The Kier molecular flexibility index (Phi) is 4.95. The zero-order valence-electron chi connectivity index (χ0n) is 8.60. The maximum atomic E-state index is 10.7. The topological polar surface area (TPSA) is 99.1 Å². The zero-order chi connectivity index (χ0) is 12.1. The molecule has 0 radical (unpaired) electrons. The van der Waals surface area contributed by atoms with Crippen LogP contribution in [0.1, 0.15) is 20.8 Å². The van der Waals surface area contributed by atoms with Crippen LogP contribution in [0, 0.1) is 0 Å². The predicted molar refractivity (Wildman–Crippen MR) is 48.1 cm³/mol. The molecule has 1 N–H and O–H groups in total. The van der Waals surface area contributed by atoms with Crippen LogP contribution in [0.4, 0.5) is 0 Å². The lowest BCUT2D eigenvalue weighted by molar-refractivity contribution is -0.148. The average molecular weight is 236 g/mol. The van der Waals surface area contributed by atoms with Crippen LogP contribution in [0.2, 0.25) is 0 Å². The molecule has 0 aliphatic carbocycles. The van der Waals surface area contributed by atoms with E-state index in [4.69, 9.17) is 5.11 Å². The van der Waals surface area contributed by atoms with Gasteiger partial charge in [-0.25, -0.2) is 0 Å². The maximum absolute atomic E-state index is 10.7. The fourth-order valence-corrected chi connectivity index (χ4v) is 2.45. The van der Waals surface area contributed by atoms with Gasteiger partial charge in [0.25, 0.3) is 17.9 Å². The van der Waals surface area contributed by atoms with Crippen LogP contribution in [0.25, 0.3) is 0 Å². The normalized spacial score (nSPS) is 10.4. The largest absolute Gasteiger partial charge is 0.732 e. The molecule has 0 aromatic carbocycles. The summed E-state index contributed by atoms with van der Waals surface area (Å²) in [4.78, 5) is 32.1. The number of aliphatic hydroxyl groups is 1. The van der Waals surface area contributed by atoms with Crippen LogP contribution in [0.5, 0.6) is 0 Å². The smallest absolute Gasteiger partial charge is 0.454 e. The molecule has 0 saturated heterocycles. The summed E-state index contributed by atoms with van der Waals surface area (Å²) in [6, 6.07) is 0. The molecule has 0 rings (SSSR count). The van der Waals surface area contributed by atoms with Gasteiger partial charge in [-0.1, -0.05) is 0 Å². The van der Waals surface area contributed by atoms with Crippen molar-refractivity contribution in [1.29, 1.82) is 0 Å². The lowest BCUT2D eigenvalue weighted by atomic mass is 10.9. The average Bonchev–Trinajstić information content (AvgIpc) is 1.99. The first-order valence-corrected chi connectivity index (χ1v) is 5.94. The molecule has 0 saturated carbocycles. The van der Waals surface area contributed by atoms with Crippen molar-refractivity contribution in [3.63, 3.8) is 0 Å². The number of hydrogen-bond acceptors (Lipinski definition) is 7. The molecule has 0 amide bonds. The summed E-state index contributed by atoms with van der Waals surface area (Å²) in [5.74, 6) is -2.42. The second-order valence-corrected chi connectivity index (χ2v) is 4.92. The van der Waals surface area contributed by atoms with E-state index in [0.717, 1.165) is 20.8 Å². The van der Waals surface area contributed by atoms with Crippen molar-refractivity contribution < 1.29 is 32.8 Å². The summed E-state index contributed by atoms with van der Waals surface area (Å²) < 4.78 is 13.7. The van der Waals surface area contributed by atoms with E-state index in [2.05, 4.69) is 13.3 Å². The molecule has 0 spiro atoms. The Hall–Kier alpha value is -1.41. The Morgan fingerprint density at radius 2 is 1.20 bits per heavy atom.